The number of fused-ring (bicyclic) bond motifs is 1. The Bertz CT molecular complexity index is 1020. The Morgan fingerprint density at radius 2 is 1.42 bits per heavy atom. The second-order valence-corrected chi connectivity index (χ2v) is 9.87. The van der Waals surface area contributed by atoms with Gasteiger partial charge in [0.15, 0.2) is 27.2 Å². The molecular weight excluding hydrogens is 460 g/mol. The molecule has 2 aromatic heterocycles. The number of ketones is 2. The highest BCUT2D eigenvalue weighted by Crippen LogP contribution is 2.39. The molecule has 0 fully saturated rings. The van der Waals surface area contributed by atoms with E-state index in [4.69, 9.17) is 9.47 Å². The molecule has 0 aliphatic carbocycles. The van der Waals surface area contributed by atoms with E-state index in [0.717, 1.165) is 39.4 Å². The van der Waals surface area contributed by atoms with Gasteiger partial charge in [-0.05, 0) is 47.1 Å². The molecule has 0 amide bonds. The topological polar surface area (TPSA) is 113 Å². The van der Waals surface area contributed by atoms with E-state index in [-0.39, 0.29) is 29.9 Å². The Labute approximate surface area is 192 Å². The van der Waals surface area contributed by atoms with Crippen molar-refractivity contribution < 1.29 is 28.7 Å². The lowest BCUT2D eigenvalue weighted by Gasteiger charge is -2.14. The summed E-state index contributed by atoms with van der Waals surface area (Å²) in [5, 5.41) is -0.831. The van der Waals surface area contributed by atoms with Gasteiger partial charge < -0.3 is 9.47 Å². The summed E-state index contributed by atoms with van der Waals surface area (Å²) in [7, 11) is 0. The van der Waals surface area contributed by atoms with Crippen molar-refractivity contribution in [3.63, 3.8) is 0 Å². The third-order valence-electron chi connectivity index (χ3n) is 4.17. The fraction of sp³-hybridized carbons (Fsp3) is 0.500. The van der Waals surface area contributed by atoms with E-state index in [1.807, 2.05) is 13.8 Å². The normalized spacial score (nSPS) is 13.0. The van der Waals surface area contributed by atoms with Crippen LogP contribution in [0.3, 0.4) is 0 Å². The van der Waals surface area contributed by atoms with Crippen molar-refractivity contribution in [1.29, 1.82) is 0 Å². The van der Waals surface area contributed by atoms with Crippen LogP contribution in [0, 0.1) is 13.8 Å². The molecule has 31 heavy (non-hydrogen) atoms. The van der Waals surface area contributed by atoms with Crippen LogP contribution in [0.1, 0.15) is 38.1 Å². The second kappa shape index (κ2) is 11.1. The first-order valence-electron chi connectivity index (χ1n) is 9.55. The van der Waals surface area contributed by atoms with Crippen LogP contribution >= 0.6 is 34.9 Å². The molecule has 0 bridgehead atoms. The average Bonchev–Trinajstić information content (AvgIpc) is 2.97. The lowest BCUT2D eigenvalue weighted by molar-refractivity contribution is -0.145. The van der Waals surface area contributed by atoms with E-state index in [2.05, 4.69) is 9.97 Å². The third-order valence-corrected chi connectivity index (χ3v) is 7.70. The number of Topliss-reactive ketones (excluding diaryl/α,β-unsaturated/α-hetero) is 2. The maximum Gasteiger partial charge on any atom is 0.327 e. The first kappa shape index (κ1) is 25.3. The number of aryl methyl sites for hydroxylation is 2. The summed E-state index contributed by atoms with van der Waals surface area (Å²) in [6.45, 7) is 10.1. The van der Waals surface area contributed by atoms with Crippen LogP contribution in [0.25, 0.3) is 10.2 Å². The molecule has 0 saturated heterocycles. The van der Waals surface area contributed by atoms with Gasteiger partial charge in [-0.1, -0.05) is 23.5 Å². The molecular formula is C20H24N2O6S3. The van der Waals surface area contributed by atoms with Crippen LogP contribution in [0.4, 0.5) is 0 Å². The van der Waals surface area contributed by atoms with Gasteiger partial charge in [-0.3, -0.25) is 19.2 Å². The summed E-state index contributed by atoms with van der Waals surface area (Å²) in [6, 6.07) is 0. The number of carbonyl (C=O) groups is 4. The molecule has 168 valence electrons. The standard InChI is InChI=1S/C20H24N2O6S3/c1-7-27-18(25)14(10(4)23)30-17-13-9(3)12(6)29-16(13)21-20(22-17)31-15(11(5)24)19(26)28-8-2/h14-15H,7-8H2,1-6H3/t14-,15-/m1/s1. The molecule has 2 rings (SSSR count). The van der Waals surface area contributed by atoms with Gasteiger partial charge in [-0.2, -0.15) is 0 Å². The second-order valence-electron chi connectivity index (χ2n) is 6.50. The maximum atomic E-state index is 12.3. The van der Waals surface area contributed by atoms with Gasteiger partial charge in [0, 0.05) is 10.3 Å². The molecule has 0 aliphatic heterocycles. The van der Waals surface area contributed by atoms with Gasteiger partial charge in [-0.25, -0.2) is 9.97 Å². The van der Waals surface area contributed by atoms with Crippen LogP contribution in [-0.2, 0) is 28.7 Å². The molecule has 0 N–H and O–H groups in total. The minimum Gasteiger partial charge on any atom is -0.465 e. The van der Waals surface area contributed by atoms with Crippen molar-refractivity contribution in [2.75, 3.05) is 13.2 Å². The van der Waals surface area contributed by atoms with Crippen LogP contribution in [0.5, 0.6) is 0 Å². The summed E-state index contributed by atoms with van der Waals surface area (Å²) in [5.74, 6) is -2.04. The van der Waals surface area contributed by atoms with E-state index in [9.17, 15) is 19.2 Å². The molecule has 0 aliphatic rings. The van der Waals surface area contributed by atoms with Crippen molar-refractivity contribution in [1.82, 2.24) is 9.97 Å². The molecule has 11 heteroatoms. The molecule has 0 saturated carbocycles. The Morgan fingerprint density at radius 1 is 0.903 bits per heavy atom. The fourth-order valence-corrected chi connectivity index (χ4v) is 5.68. The van der Waals surface area contributed by atoms with Gasteiger partial charge >= 0.3 is 11.9 Å². The molecule has 8 nitrogen and oxygen atoms in total. The fourth-order valence-electron chi connectivity index (χ4n) is 2.58. The zero-order valence-corrected chi connectivity index (χ0v) is 20.6. The zero-order chi connectivity index (χ0) is 23.3. The van der Waals surface area contributed by atoms with Crippen molar-refractivity contribution in [2.24, 2.45) is 0 Å². The number of thioether (sulfide) groups is 2. The highest BCUT2D eigenvalue weighted by Gasteiger charge is 2.31. The smallest absolute Gasteiger partial charge is 0.327 e. The monoisotopic (exact) mass is 484 g/mol. The Hall–Kier alpha value is -1.98. The largest absolute Gasteiger partial charge is 0.465 e. The van der Waals surface area contributed by atoms with E-state index >= 15 is 0 Å². The minimum absolute atomic E-state index is 0.146. The van der Waals surface area contributed by atoms with Crippen LogP contribution in [-0.4, -0.2) is 57.2 Å². The van der Waals surface area contributed by atoms with E-state index in [0.29, 0.717) is 9.86 Å². The summed E-state index contributed by atoms with van der Waals surface area (Å²) in [6.07, 6.45) is 0. The van der Waals surface area contributed by atoms with Crippen LogP contribution in [0.2, 0.25) is 0 Å². The number of nitrogens with zero attached hydrogens (tertiary/aromatic N) is 2. The van der Waals surface area contributed by atoms with Crippen LogP contribution < -0.4 is 0 Å². The SMILES string of the molecule is CCOC(=O)[C@H](Sc1nc(S[C@H](C(C)=O)C(=O)OCC)c2c(C)c(C)sc2n1)C(C)=O. The zero-order valence-electron chi connectivity index (χ0n) is 18.1. The number of aromatic nitrogens is 2. The number of rotatable bonds is 10. The van der Waals surface area contributed by atoms with Gasteiger partial charge in [0.05, 0.1) is 13.2 Å². The summed E-state index contributed by atoms with van der Waals surface area (Å²) in [5.41, 5.74) is 0.943. The first-order valence-corrected chi connectivity index (χ1v) is 12.1. The Balaban J connectivity index is 2.54. The minimum atomic E-state index is -1.11. The summed E-state index contributed by atoms with van der Waals surface area (Å²) < 4.78 is 10.0. The molecule has 2 aromatic rings. The highest BCUT2D eigenvalue weighted by atomic mass is 32.2. The highest BCUT2D eigenvalue weighted by molar-refractivity contribution is 8.02. The molecule has 2 atom stereocenters. The molecule has 0 aromatic carbocycles. The van der Waals surface area contributed by atoms with Gasteiger partial charge in [-0.15, -0.1) is 11.3 Å². The predicted octanol–water partition coefficient (Wildman–Crippen LogP) is 3.53. The van der Waals surface area contributed by atoms with E-state index < -0.39 is 22.4 Å². The van der Waals surface area contributed by atoms with Gasteiger partial charge in [0.2, 0.25) is 0 Å². The quantitative estimate of drug-likeness (QED) is 0.163. The Kier molecular flexibility index (Phi) is 9.01. The summed E-state index contributed by atoms with van der Waals surface area (Å²) in [4.78, 5) is 59.3. The van der Waals surface area contributed by atoms with E-state index in [1.54, 1.807) is 13.8 Å². The molecule has 2 heterocycles. The molecule has 0 unspecified atom stereocenters. The van der Waals surface area contributed by atoms with Crippen molar-refractivity contribution in [3.8, 4) is 0 Å². The number of hydrogen-bond donors (Lipinski definition) is 0. The van der Waals surface area contributed by atoms with Crippen molar-refractivity contribution in [3.05, 3.63) is 10.4 Å². The first-order chi connectivity index (χ1) is 14.6. The Morgan fingerprint density at radius 3 is 1.90 bits per heavy atom. The lowest BCUT2D eigenvalue weighted by Crippen LogP contribution is -2.28. The molecule has 0 radical (unpaired) electrons. The predicted molar refractivity (Wildman–Crippen MR) is 121 cm³/mol. The van der Waals surface area contributed by atoms with Crippen molar-refractivity contribution in [2.45, 2.75) is 62.2 Å². The van der Waals surface area contributed by atoms with Crippen LogP contribution in [0.15, 0.2) is 10.2 Å². The number of esters is 2. The van der Waals surface area contributed by atoms with Gasteiger partial charge in [0.1, 0.15) is 9.86 Å². The lowest BCUT2D eigenvalue weighted by atomic mass is 10.2. The average molecular weight is 485 g/mol. The van der Waals surface area contributed by atoms with Crippen molar-refractivity contribution >= 4 is 68.6 Å². The molecule has 0 spiro atoms. The number of ether oxygens (including phenoxy) is 2. The van der Waals surface area contributed by atoms with E-state index in [1.165, 1.54) is 25.2 Å². The summed E-state index contributed by atoms with van der Waals surface area (Å²) >= 11 is 3.31. The number of carbonyl (C=O) groups excluding carboxylic acids is 4. The number of hydrogen-bond acceptors (Lipinski definition) is 11. The van der Waals surface area contributed by atoms with Gasteiger partial charge in [0.25, 0.3) is 0 Å². The maximum absolute atomic E-state index is 12.3. The third kappa shape index (κ3) is 6.05. The number of thiophene rings is 1.